The van der Waals surface area contributed by atoms with Crippen molar-refractivity contribution in [3.8, 4) is 11.6 Å². The van der Waals surface area contributed by atoms with E-state index in [0.717, 1.165) is 53.8 Å². The third-order valence-corrected chi connectivity index (χ3v) is 5.47. The van der Waals surface area contributed by atoms with Gasteiger partial charge in [0.15, 0.2) is 0 Å². The van der Waals surface area contributed by atoms with Gasteiger partial charge < -0.3 is 14.4 Å². The molecule has 0 amide bonds. The summed E-state index contributed by atoms with van der Waals surface area (Å²) in [4.78, 5) is 11.2. The number of para-hydroxylation sites is 1. The predicted octanol–water partition coefficient (Wildman–Crippen LogP) is 5.53. The Morgan fingerprint density at radius 1 is 1.21 bits per heavy atom. The van der Waals surface area contributed by atoms with Crippen LogP contribution in [0.5, 0.6) is 11.6 Å². The first-order valence-corrected chi connectivity index (χ1v) is 10.6. The summed E-state index contributed by atoms with van der Waals surface area (Å²) in [7, 11) is 2.00. The molecule has 2 unspecified atom stereocenters. The molecule has 0 saturated heterocycles. The van der Waals surface area contributed by atoms with E-state index in [1.807, 2.05) is 61.6 Å². The molecule has 0 aliphatic heterocycles. The number of aromatic nitrogens is 1. The zero-order chi connectivity index (χ0) is 19.9. The summed E-state index contributed by atoms with van der Waals surface area (Å²) in [5, 5.41) is 0. The summed E-state index contributed by atoms with van der Waals surface area (Å²) in [6.07, 6.45) is 6.13. The van der Waals surface area contributed by atoms with Gasteiger partial charge in [0, 0.05) is 20.0 Å². The number of hydrogen-bond donors (Lipinski definition) is 0. The number of rotatable bonds is 7. The minimum absolute atomic E-state index is 0.103. The van der Waals surface area contributed by atoms with Crippen LogP contribution >= 0.6 is 15.9 Å². The standard InChI is InChI=1S/C22H28BrN3O2/c1-4-26(3)15-24-21-14-20(23)22(25-16(21)2)28-19-12-8-11-18(13-19)27-17-9-6-5-7-10-17/h5-7,9-10,14-15,18-19H,4,8,11-13H2,1-3H3/b24-15+. The Labute approximate surface area is 175 Å². The summed E-state index contributed by atoms with van der Waals surface area (Å²) in [5.41, 5.74) is 1.69. The average molecular weight is 446 g/mol. The lowest BCUT2D eigenvalue weighted by Gasteiger charge is -2.30. The highest BCUT2D eigenvalue weighted by atomic mass is 79.9. The Balaban J connectivity index is 1.64. The van der Waals surface area contributed by atoms with Crippen molar-refractivity contribution in [2.45, 2.75) is 51.7 Å². The number of benzene rings is 1. The fourth-order valence-electron chi connectivity index (χ4n) is 3.17. The SMILES string of the molecule is CCN(C)/C=N/c1cc(Br)c(OC2CCCC(Oc3ccccc3)C2)nc1C. The van der Waals surface area contributed by atoms with E-state index in [9.17, 15) is 0 Å². The Morgan fingerprint density at radius 2 is 1.93 bits per heavy atom. The quantitative estimate of drug-likeness (QED) is 0.414. The highest BCUT2D eigenvalue weighted by Crippen LogP contribution is 2.33. The fraction of sp³-hybridized carbons (Fsp3) is 0.455. The minimum atomic E-state index is 0.103. The second kappa shape index (κ2) is 9.92. The molecule has 2 atom stereocenters. The first-order valence-electron chi connectivity index (χ1n) is 9.85. The lowest BCUT2D eigenvalue weighted by Crippen LogP contribution is -2.32. The zero-order valence-electron chi connectivity index (χ0n) is 16.8. The van der Waals surface area contributed by atoms with E-state index in [1.165, 1.54) is 0 Å². The van der Waals surface area contributed by atoms with Crippen molar-refractivity contribution >= 4 is 28.0 Å². The van der Waals surface area contributed by atoms with Crippen LogP contribution in [-0.2, 0) is 0 Å². The van der Waals surface area contributed by atoms with Gasteiger partial charge in [-0.2, -0.15) is 0 Å². The molecule has 1 aromatic carbocycles. The van der Waals surface area contributed by atoms with E-state index in [-0.39, 0.29) is 12.2 Å². The first-order chi connectivity index (χ1) is 13.5. The molecule has 0 N–H and O–H groups in total. The second-order valence-corrected chi connectivity index (χ2v) is 8.01. The van der Waals surface area contributed by atoms with E-state index in [0.29, 0.717) is 5.88 Å². The van der Waals surface area contributed by atoms with Gasteiger partial charge in [-0.15, -0.1) is 0 Å². The molecule has 1 aromatic heterocycles. The van der Waals surface area contributed by atoms with Crippen LogP contribution in [0.25, 0.3) is 0 Å². The number of ether oxygens (including phenoxy) is 2. The van der Waals surface area contributed by atoms with Gasteiger partial charge in [0.05, 0.1) is 22.2 Å². The molecular weight excluding hydrogens is 418 g/mol. The third-order valence-electron chi connectivity index (χ3n) is 4.90. The van der Waals surface area contributed by atoms with Crippen LogP contribution < -0.4 is 9.47 Å². The van der Waals surface area contributed by atoms with Gasteiger partial charge >= 0.3 is 0 Å². The Bertz CT molecular complexity index is 798. The maximum atomic E-state index is 6.24. The molecule has 1 saturated carbocycles. The largest absolute Gasteiger partial charge is 0.490 e. The van der Waals surface area contributed by atoms with Gasteiger partial charge in [0.2, 0.25) is 5.88 Å². The highest BCUT2D eigenvalue weighted by Gasteiger charge is 2.26. The minimum Gasteiger partial charge on any atom is -0.490 e. The summed E-state index contributed by atoms with van der Waals surface area (Å²) >= 11 is 3.59. The van der Waals surface area contributed by atoms with Crippen molar-refractivity contribution in [1.29, 1.82) is 0 Å². The number of hydrogen-bond acceptors (Lipinski definition) is 4. The molecule has 150 valence electrons. The summed E-state index contributed by atoms with van der Waals surface area (Å²) in [6, 6.07) is 12.0. The lowest BCUT2D eigenvalue weighted by molar-refractivity contribution is 0.0649. The fourth-order valence-corrected chi connectivity index (χ4v) is 3.57. The molecule has 0 bridgehead atoms. The molecule has 3 rings (SSSR count). The van der Waals surface area contributed by atoms with Crippen LogP contribution in [0, 0.1) is 6.92 Å². The highest BCUT2D eigenvalue weighted by molar-refractivity contribution is 9.10. The topological polar surface area (TPSA) is 47.0 Å². The van der Waals surface area contributed by atoms with E-state index in [2.05, 4.69) is 32.8 Å². The summed E-state index contributed by atoms with van der Waals surface area (Å²) in [5.74, 6) is 1.55. The van der Waals surface area contributed by atoms with Crippen molar-refractivity contribution in [3.05, 3.63) is 46.6 Å². The number of aryl methyl sites for hydroxylation is 1. The maximum Gasteiger partial charge on any atom is 0.228 e. The van der Waals surface area contributed by atoms with Crippen LogP contribution in [0.2, 0.25) is 0 Å². The lowest BCUT2D eigenvalue weighted by atomic mass is 9.95. The van der Waals surface area contributed by atoms with E-state index in [4.69, 9.17) is 9.47 Å². The Morgan fingerprint density at radius 3 is 2.64 bits per heavy atom. The van der Waals surface area contributed by atoms with E-state index < -0.39 is 0 Å². The van der Waals surface area contributed by atoms with Crippen LogP contribution in [0.15, 0.2) is 45.9 Å². The summed E-state index contributed by atoms with van der Waals surface area (Å²) in [6.45, 7) is 4.95. The van der Waals surface area contributed by atoms with Crippen LogP contribution in [0.3, 0.4) is 0 Å². The molecule has 1 aliphatic carbocycles. The molecule has 1 aliphatic rings. The zero-order valence-corrected chi connectivity index (χ0v) is 18.4. The molecule has 6 heteroatoms. The van der Waals surface area contributed by atoms with Crippen molar-refractivity contribution in [3.63, 3.8) is 0 Å². The van der Waals surface area contributed by atoms with Gasteiger partial charge in [-0.3, -0.25) is 0 Å². The molecule has 1 fully saturated rings. The predicted molar refractivity (Wildman–Crippen MR) is 117 cm³/mol. The molecule has 28 heavy (non-hydrogen) atoms. The number of pyridine rings is 1. The third kappa shape index (κ3) is 5.71. The Kier molecular flexibility index (Phi) is 7.31. The molecule has 1 heterocycles. The molecular formula is C22H28BrN3O2. The van der Waals surface area contributed by atoms with E-state index >= 15 is 0 Å². The first kappa shape index (κ1) is 20.6. The van der Waals surface area contributed by atoms with Crippen molar-refractivity contribution < 1.29 is 9.47 Å². The van der Waals surface area contributed by atoms with Gasteiger partial charge in [-0.25, -0.2) is 9.98 Å². The van der Waals surface area contributed by atoms with Gasteiger partial charge in [-0.05, 0) is 67.2 Å². The van der Waals surface area contributed by atoms with Crippen LogP contribution in [-0.4, -0.2) is 42.0 Å². The average Bonchev–Trinajstić information content (AvgIpc) is 2.70. The monoisotopic (exact) mass is 445 g/mol. The Hall–Kier alpha value is -2.08. The van der Waals surface area contributed by atoms with E-state index in [1.54, 1.807) is 0 Å². The molecule has 2 aromatic rings. The second-order valence-electron chi connectivity index (χ2n) is 7.16. The normalized spacial score (nSPS) is 19.6. The molecule has 0 spiro atoms. The van der Waals surface area contributed by atoms with Gasteiger partial charge in [0.25, 0.3) is 0 Å². The smallest absolute Gasteiger partial charge is 0.228 e. The number of nitrogens with zero attached hydrogens (tertiary/aromatic N) is 3. The van der Waals surface area contributed by atoms with Gasteiger partial charge in [-0.1, -0.05) is 18.2 Å². The summed E-state index contributed by atoms with van der Waals surface area (Å²) < 4.78 is 13.2. The van der Waals surface area contributed by atoms with Crippen LogP contribution in [0.4, 0.5) is 5.69 Å². The van der Waals surface area contributed by atoms with Crippen molar-refractivity contribution in [2.24, 2.45) is 4.99 Å². The van der Waals surface area contributed by atoms with Crippen molar-refractivity contribution in [1.82, 2.24) is 9.88 Å². The molecule has 0 radical (unpaired) electrons. The number of halogens is 1. The maximum absolute atomic E-state index is 6.24. The van der Waals surface area contributed by atoms with Crippen LogP contribution in [0.1, 0.15) is 38.3 Å². The molecule has 5 nitrogen and oxygen atoms in total. The van der Waals surface area contributed by atoms with Crippen molar-refractivity contribution in [2.75, 3.05) is 13.6 Å². The number of aliphatic imine (C=N–C) groups is 1. The van der Waals surface area contributed by atoms with Gasteiger partial charge in [0.1, 0.15) is 18.0 Å².